The lowest BCUT2D eigenvalue weighted by atomic mass is 10.0. The number of aromatic nitrogens is 2. The zero-order chi connectivity index (χ0) is 23.0. The molecule has 0 bridgehead atoms. The van der Waals surface area contributed by atoms with Crippen molar-refractivity contribution in [3.63, 3.8) is 0 Å². The maximum atomic E-state index is 13.3. The molecule has 0 saturated carbocycles. The molecule has 1 saturated heterocycles. The van der Waals surface area contributed by atoms with Gasteiger partial charge in [-0.1, -0.05) is 11.6 Å². The summed E-state index contributed by atoms with van der Waals surface area (Å²) in [5, 5.41) is 1.23. The van der Waals surface area contributed by atoms with E-state index >= 15 is 0 Å². The average molecular weight is 455 g/mol. The van der Waals surface area contributed by atoms with E-state index in [-0.39, 0.29) is 23.0 Å². The number of halogens is 1. The number of hydrogen-bond acceptors (Lipinski definition) is 4. The van der Waals surface area contributed by atoms with Crippen LogP contribution in [0, 0.1) is 6.92 Å². The molecule has 168 valence electrons. The molecule has 0 N–H and O–H groups in total. The van der Waals surface area contributed by atoms with Gasteiger partial charge in [-0.3, -0.25) is 9.59 Å². The van der Waals surface area contributed by atoms with Gasteiger partial charge < -0.3 is 19.1 Å². The van der Waals surface area contributed by atoms with Gasteiger partial charge in [0.15, 0.2) is 0 Å². The lowest BCUT2D eigenvalue weighted by molar-refractivity contribution is -0.00157. The first-order valence-corrected chi connectivity index (χ1v) is 11.0. The molecule has 8 heteroatoms. The molecule has 0 aliphatic carbocycles. The summed E-state index contributed by atoms with van der Waals surface area (Å²) < 4.78 is 7.77. The van der Waals surface area contributed by atoms with E-state index in [1.165, 1.54) is 0 Å². The Hall–Kier alpha value is -2.90. The zero-order valence-electron chi connectivity index (χ0n) is 18.8. The Bertz CT molecular complexity index is 1190. The van der Waals surface area contributed by atoms with E-state index in [0.29, 0.717) is 37.3 Å². The van der Waals surface area contributed by atoms with Crippen LogP contribution in [0.4, 0.5) is 0 Å². The predicted molar refractivity (Wildman–Crippen MR) is 124 cm³/mol. The summed E-state index contributed by atoms with van der Waals surface area (Å²) in [5.74, 6) is -0.180. The van der Waals surface area contributed by atoms with E-state index in [1.54, 1.807) is 31.1 Å². The summed E-state index contributed by atoms with van der Waals surface area (Å²) in [6.45, 7) is 3.25. The van der Waals surface area contributed by atoms with Gasteiger partial charge in [0.2, 0.25) is 0 Å². The smallest absolute Gasteiger partial charge is 0.257 e. The Kier molecular flexibility index (Phi) is 6.22. The molecule has 32 heavy (non-hydrogen) atoms. The monoisotopic (exact) mass is 454 g/mol. The minimum Gasteiger partial charge on any atom is -0.377 e. The molecule has 1 atom stereocenters. The van der Waals surface area contributed by atoms with Gasteiger partial charge in [0, 0.05) is 56.0 Å². The van der Waals surface area contributed by atoms with E-state index in [9.17, 15) is 9.59 Å². The van der Waals surface area contributed by atoms with Crippen LogP contribution in [0.3, 0.4) is 0 Å². The maximum Gasteiger partial charge on any atom is 0.257 e. The van der Waals surface area contributed by atoms with Crippen molar-refractivity contribution in [2.24, 2.45) is 7.05 Å². The number of carbonyl (C=O) groups excluding carboxylic acids is 2. The number of nitrogens with zero attached hydrogens (tertiary/aromatic N) is 4. The first-order chi connectivity index (χ1) is 15.3. The lowest BCUT2D eigenvalue weighted by Crippen LogP contribution is -2.49. The van der Waals surface area contributed by atoms with Crippen LogP contribution in [0.15, 0.2) is 36.5 Å². The number of aryl methyl sites for hydroxylation is 2. The van der Waals surface area contributed by atoms with Gasteiger partial charge in [-0.05, 0) is 49.2 Å². The molecule has 0 spiro atoms. The predicted octanol–water partition coefficient (Wildman–Crippen LogP) is 3.32. The number of ether oxygens (including phenoxy) is 1. The first-order valence-electron chi connectivity index (χ1n) is 10.6. The summed E-state index contributed by atoms with van der Waals surface area (Å²) in [6, 6.07) is 9.13. The quantitative estimate of drug-likeness (QED) is 0.567. The van der Waals surface area contributed by atoms with Crippen molar-refractivity contribution in [3.8, 4) is 0 Å². The SMILES string of the molecule is Cc1ccc(C(=O)N2CCOC[C@@H]2Cc2cn(C)c3ccc(C(=O)N(C)C)cc23)c(Cl)n1. The van der Waals surface area contributed by atoms with Gasteiger partial charge in [-0.15, -0.1) is 0 Å². The van der Waals surface area contributed by atoms with Crippen molar-refractivity contribution >= 4 is 34.3 Å². The maximum absolute atomic E-state index is 13.3. The highest BCUT2D eigenvalue weighted by Gasteiger charge is 2.30. The van der Waals surface area contributed by atoms with Crippen molar-refractivity contribution in [2.75, 3.05) is 33.9 Å². The van der Waals surface area contributed by atoms with E-state index in [2.05, 4.69) is 11.2 Å². The van der Waals surface area contributed by atoms with Crippen molar-refractivity contribution in [2.45, 2.75) is 19.4 Å². The molecule has 0 unspecified atom stereocenters. The van der Waals surface area contributed by atoms with Crippen molar-refractivity contribution in [1.29, 1.82) is 0 Å². The van der Waals surface area contributed by atoms with E-state index < -0.39 is 0 Å². The minimum absolute atomic E-state index is 0.0407. The van der Waals surface area contributed by atoms with Crippen LogP contribution in [0.1, 0.15) is 32.0 Å². The number of fused-ring (bicyclic) bond motifs is 1. The van der Waals surface area contributed by atoms with Gasteiger partial charge in [-0.2, -0.15) is 0 Å². The fourth-order valence-corrected chi connectivity index (χ4v) is 4.49. The second-order valence-corrected chi connectivity index (χ2v) is 8.78. The molecule has 3 aromatic rings. The fraction of sp³-hybridized carbons (Fsp3) is 0.375. The van der Waals surface area contributed by atoms with Gasteiger partial charge in [0.1, 0.15) is 5.15 Å². The third-order valence-electron chi connectivity index (χ3n) is 5.89. The Morgan fingerprint density at radius 1 is 1.25 bits per heavy atom. The molecule has 1 fully saturated rings. The van der Waals surface area contributed by atoms with Crippen LogP contribution in [0.5, 0.6) is 0 Å². The molecular weight excluding hydrogens is 428 g/mol. The fourth-order valence-electron chi connectivity index (χ4n) is 4.21. The van der Waals surface area contributed by atoms with Crippen LogP contribution < -0.4 is 0 Å². The summed E-state index contributed by atoms with van der Waals surface area (Å²) in [5.41, 5.74) is 3.91. The molecule has 1 aromatic carbocycles. The largest absolute Gasteiger partial charge is 0.377 e. The van der Waals surface area contributed by atoms with E-state index in [1.807, 2.05) is 41.6 Å². The van der Waals surface area contributed by atoms with Crippen molar-refractivity contribution < 1.29 is 14.3 Å². The Morgan fingerprint density at radius 3 is 2.75 bits per heavy atom. The highest BCUT2D eigenvalue weighted by Crippen LogP contribution is 2.27. The highest BCUT2D eigenvalue weighted by molar-refractivity contribution is 6.32. The summed E-state index contributed by atoms with van der Waals surface area (Å²) in [4.78, 5) is 33.4. The molecule has 3 heterocycles. The summed E-state index contributed by atoms with van der Waals surface area (Å²) in [7, 11) is 5.47. The molecular formula is C24H27ClN4O3. The molecule has 2 aromatic heterocycles. The number of benzene rings is 1. The minimum atomic E-state index is -0.146. The van der Waals surface area contributed by atoms with Gasteiger partial charge in [0.05, 0.1) is 24.8 Å². The standard InChI is InChI=1S/C24H27ClN4O3/c1-15-5-7-19(22(25)26-15)24(31)29-9-10-32-14-18(29)11-17-13-28(4)21-8-6-16(12-20(17)21)23(30)27(2)3/h5-8,12-13,18H,9-11,14H2,1-4H3/t18-/m0/s1. The third kappa shape index (κ3) is 4.23. The normalized spacial score (nSPS) is 16.4. The Labute approximate surface area is 192 Å². The number of amides is 2. The number of rotatable bonds is 4. The molecule has 7 nitrogen and oxygen atoms in total. The van der Waals surface area contributed by atoms with Crippen molar-refractivity contribution in [3.05, 3.63) is 64.1 Å². The number of morpholine rings is 1. The Morgan fingerprint density at radius 2 is 2.03 bits per heavy atom. The van der Waals surface area contributed by atoms with Crippen LogP contribution in [0.2, 0.25) is 5.15 Å². The second-order valence-electron chi connectivity index (χ2n) is 8.42. The highest BCUT2D eigenvalue weighted by atomic mass is 35.5. The summed E-state index contributed by atoms with van der Waals surface area (Å²) >= 11 is 6.28. The number of hydrogen-bond donors (Lipinski definition) is 0. The summed E-state index contributed by atoms with van der Waals surface area (Å²) in [6.07, 6.45) is 2.67. The molecule has 2 amide bonds. The lowest BCUT2D eigenvalue weighted by Gasteiger charge is -2.36. The molecule has 1 aliphatic rings. The van der Waals surface area contributed by atoms with Gasteiger partial charge >= 0.3 is 0 Å². The van der Waals surface area contributed by atoms with Crippen LogP contribution >= 0.6 is 11.6 Å². The topological polar surface area (TPSA) is 67.7 Å². The zero-order valence-corrected chi connectivity index (χ0v) is 19.5. The third-order valence-corrected chi connectivity index (χ3v) is 6.18. The Balaban J connectivity index is 1.66. The number of carbonyl (C=O) groups is 2. The number of pyridine rings is 1. The van der Waals surface area contributed by atoms with Crippen LogP contribution in [-0.4, -0.2) is 71.1 Å². The molecule has 0 radical (unpaired) electrons. The van der Waals surface area contributed by atoms with Gasteiger partial charge in [0.25, 0.3) is 11.8 Å². The van der Waals surface area contributed by atoms with Crippen LogP contribution in [-0.2, 0) is 18.2 Å². The molecule has 1 aliphatic heterocycles. The van der Waals surface area contributed by atoms with E-state index in [0.717, 1.165) is 22.2 Å². The molecule has 4 rings (SSSR count). The first kappa shape index (κ1) is 22.3. The second kappa shape index (κ2) is 8.92. The van der Waals surface area contributed by atoms with Gasteiger partial charge in [-0.25, -0.2) is 4.98 Å². The van der Waals surface area contributed by atoms with E-state index in [4.69, 9.17) is 16.3 Å². The average Bonchev–Trinajstić information content (AvgIpc) is 3.07. The van der Waals surface area contributed by atoms with Crippen molar-refractivity contribution in [1.82, 2.24) is 19.4 Å². The van der Waals surface area contributed by atoms with Crippen LogP contribution in [0.25, 0.3) is 10.9 Å².